The van der Waals surface area contributed by atoms with Crippen LogP contribution in [0, 0.1) is 13.8 Å². The molecule has 1 aromatic heterocycles. The van der Waals surface area contributed by atoms with E-state index in [2.05, 4.69) is 5.32 Å². The summed E-state index contributed by atoms with van der Waals surface area (Å²) < 4.78 is 10.6. The van der Waals surface area contributed by atoms with Crippen molar-refractivity contribution in [2.45, 2.75) is 53.8 Å². The summed E-state index contributed by atoms with van der Waals surface area (Å²) in [5.41, 5.74) is 2.59. The number of hydrogen-bond donors (Lipinski definition) is 1. The second-order valence-corrected chi connectivity index (χ2v) is 8.42. The fourth-order valence-electron chi connectivity index (χ4n) is 2.59. The topological polar surface area (TPSA) is 81.7 Å². The zero-order chi connectivity index (χ0) is 22.4. The Morgan fingerprint density at radius 3 is 2.07 bits per heavy atom. The second kappa shape index (κ2) is 10.2. The number of esters is 2. The summed E-state index contributed by atoms with van der Waals surface area (Å²) in [4.78, 5) is 37.8. The first kappa shape index (κ1) is 23.3. The number of nitrogens with one attached hydrogen (secondary N) is 1. The SMILES string of the molecule is Cc1ccc(C=CC(=O)Nc2sc(C(=O)OC(C)C)c(C)c2C(=O)OC(C)C)cc1. The third-order valence-electron chi connectivity index (χ3n) is 3.96. The summed E-state index contributed by atoms with van der Waals surface area (Å²) in [6, 6.07) is 7.71. The molecular weight excluding hydrogens is 402 g/mol. The van der Waals surface area contributed by atoms with Gasteiger partial charge in [-0.25, -0.2) is 9.59 Å². The lowest BCUT2D eigenvalue weighted by molar-refractivity contribution is -0.111. The third-order valence-corrected chi connectivity index (χ3v) is 5.15. The van der Waals surface area contributed by atoms with E-state index >= 15 is 0 Å². The van der Waals surface area contributed by atoms with Crippen LogP contribution in [0.3, 0.4) is 0 Å². The smallest absolute Gasteiger partial charge is 0.348 e. The number of thiophene rings is 1. The maximum Gasteiger partial charge on any atom is 0.348 e. The van der Waals surface area contributed by atoms with Crippen molar-refractivity contribution in [1.82, 2.24) is 0 Å². The Morgan fingerprint density at radius 2 is 1.50 bits per heavy atom. The summed E-state index contributed by atoms with van der Waals surface area (Å²) in [7, 11) is 0. The molecule has 160 valence electrons. The van der Waals surface area contributed by atoms with Crippen LogP contribution in [0.1, 0.15) is 64.4 Å². The molecule has 0 fully saturated rings. The van der Waals surface area contributed by atoms with Gasteiger partial charge in [0.25, 0.3) is 0 Å². The summed E-state index contributed by atoms with van der Waals surface area (Å²) in [6.45, 7) is 10.6. The van der Waals surface area contributed by atoms with E-state index < -0.39 is 17.8 Å². The predicted molar refractivity (Wildman–Crippen MR) is 119 cm³/mol. The van der Waals surface area contributed by atoms with Crippen molar-refractivity contribution in [3.63, 3.8) is 0 Å². The number of carbonyl (C=O) groups excluding carboxylic acids is 3. The molecule has 0 radical (unpaired) electrons. The molecule has 6 nitrogen and oxygen atoms in total. The average Bonchev–Trinajstić information content (AvgIpc) is 2.96. The summed E-state index contributed by atoms with van der Waals surface area (Å²) in [5, 5.41) is 2.96. The fraction of sp³-hybridized carbons (Fsp3) is 0.348. The molecule has 0 atom stereocenters. The molecule has 2 aromatic rings. The Hall–Kier alpha value is -2.93. The monoisotopic (exact) mass is 429 g/mol. The molecule has 1 N–H and O–H groups in total. The van der Waals surface area contributed by atoms with E-state index in [0.29, 0.717) is 5.56 Å². The number of carbonyl (C=O) groups is 3. The van der Waals surface area contributed by atoms with Gasteiger partial charge in [-0.15, -0.1) is 11.3 Å². The first-order valence-electron chi connectivity index (χ1n) is 9.69. The van der Waals surface area contributed by atoms with Crippen molar-refractivity contribution in [2.75, 3.05) is 5.32 Å². The second-order valence-electron chi connectivity index (χ2n) is 7.40. The standard InChI is InChI=1S/C23H27NO5S/c1-13(2)28-22(26)19-16(6)20(23(27)29-14(3)4)30-21(19)24-18(25)12-11-17-9-7-15(5)8-10-17/h7-14H,1-6H3,(H,24,25). The molecule has 0 saturated heterocycles. The summed E-state index contributed by atoms with van der Waals surface area (Å²) in [5.74, 6) is -1.55. The van der Waals surface area contributed by atoms with Gasteiger partial charge in [-0.1, -0.05) is 29.8 Å². The van der Waals surface area contributed by atoms with E-state index in [1.807, 2.05) is 31.2 Å². The minimum absolute atomic E-state index is 0.168. The van der Waals surface area contributed by atoms with Crippen LogP contribution in [0.25, 0.3) is 6.08 Å². The van der Waals surface area contributed by atoms with Crippen LogP contribution < -0.4 is 5.32 Å². The average molecular weight is 430 g/mol. The lowest BCUT2D eigenvalue weighted by Gasteiger charge is -2.10. The molecule has 0 unspecified atom stereocenters. The molecule has 0 aliphatic heterocycles. The molecule has 0 spiro atoms. The molecule has 0 bridgehead atoms. The number of hydrogen-bond acceptors (Lipinski definition) is 6. The van der Waals surface area contributed by atoms with E-state index in [0.717, 1.165) is 22.5 Å². The molecule has 1 aromatic carbocycles. The van der Waals surface area contributed by atoms with Gasteiger partial charge < -0.3 is 14.8 Å². The molecular formula is C23H27NO5S. The van der Waals surface area contributed by atoms with E-state index in [-0.39, 0.29) is 27.6 Å². The molecule has 0 saturated carbocycles. The highest BCUT2D eigenvalue weighted by Gasteiger charge is 2.28. The number of ether oxygens (including phenoxy) is 2. The lowest BCUT2D eigenvalue weighted by atomic mass is 10.1. The van der Waals surface area contributed by atoms with E-state index in [1.165, 1.54) is 6.08 Å². The Kier molecular flexibility index (Phi) is 7.94. The zero-order valence-corrected chi connectivity index (χ0v) is 18.9. The molecule has 1 heterocycles. The van der Waals surface area contributed by atoms with Gasteiger partial charge in [0, 0.05) is 6.08 Å². The molecule has 2 rings (SSSR count). The van der Waals surface area contributed by atoms with Gasteiger partial charge in [-0.3, -0.25) is 4.79 Å². The Bertz CT molecular complexity index is 955. The van der Waals surface area contributed by atoms with Gasteiger partial charge in [-0.05, 0) is 58.7 Å². The summed E-state index contributed by atoms with van der Waals surface area (Å²) in [6.07, 6.45) is 2.41. The number of rotatable bonds is 7. The maximum atomic E-state index is 12.6. The van der Waals surface area contributed by atoms with Crippen LogP contribution in [0.2, 0.25) is 0 Å². The number of amides is 1. The van der Waals surface area contributed by atoms with Crippen molar-refractivity contribution in [3.05, 3.63) is 57.5 Å². The largest absolute Gasteiger partial charge is 0.459 e. The van der Waals surface area contributed by atoms with Gasteiger partial charge in [0.2, 0.25) is 5.91 Å². The first-order valence-corrected chi connectivity index (χ1v) is 10.5. The zero-order valence-electron chi connectivity index (χ0n) is 18.1. The van der Waals surface area contributed by atoms with E-state index in [1.54, 1.807) is 40.7 Å². The highest BCUT2D eigenvalue weighted by molar-refractivity contribution is 7.18. The maximum absolute atomic E-state index is 12.6. The lowest BCUT2D eigenvalue weighted by Crippen LogP contribution is -2.16. The van der Waals surface area contributed by atoms with Crippen molar-refractivity contribution in [2.24, 2.45) is 0 Å². The highest BCUT2D eigenvalue weighted by atomic mass is 32.1. The van der Waals surface area contributed by atoms with E-state index in [9.17, 15) is 14.4 Å². The molecule has 0 aliphatic carbocycles. The van der Waals surface area contributed by atoms with Gasteiger partial charge in [0.1, 0.15) is 9.88 Å². The first-order chi connectivity index (χ1) is 14.1. The van der Waals surface area contributed by atoms with Crippen molar-refractivity contribution < 1.29 is 23.9 Å². The van der Waals surface area contributed by atoms with Crippen LogP contribution >= 0.6 is 11.3 Å². The van der Waals surface area contributed by atoms with Crippen LogP contribution in [0.4, 0.5) is 5.00 Å². The minimum atomic E-state index is -0.597. The number of benzene rings is 1. The minimum Gasteiger partial charge on any atom is -0.459 e. The van der Waals surface area contributed by atoms with E-state index in [4.69, 9.17) is 9.47 Å². The van der Waals surface area contributed by atoms with Gasteiger partial charge in [0.05, 0.1) is 17.8 Å². The van der Waals surface area contributed by atoms with Gasteiger partial charge in [-0.2, -0.15) is 0 Å². The molecule has 1 amide bonds. The van der Waals surface area contributed by atoms with Crippen LogP contribution in [-0.2, 0) is 14.3 Å². The Balaban J connectivity index is 2.31. The molecule has 7 heteroatoms. The van der Waals surface area contributed by atoms with Crippen molar-refractivity contribution in [1.29, 1.82) is 0 Å². The Labute approximate surface area is 180 Å². The fourth-order valence-corrected chi connectivity index (χ4v) is 3.67. The van der Waals surface area contributed by atoms with Gasteiger partial charge in [0.15, 0.2) is 0 Å². The van der Waals surface area contributed by atoms with Crippen molar-refractivity contribution in [3.8, 4) is 0 Å². The summed E-state index contributed by atoms with van der Waals surface area (Å²) >= 11 is 1.00. The Morgan fingerprint density at radius 1 is 0.933 bits per heavy atom. The van der Waals surface area contributed by atoms with Crippen LogP contribution in [0.15, 0.2) is 30.3 Å². The van der Waals surface area contributed by atoms with Crippen molar-refractivity contribution >= 4 is 40.3 Å². The molecule has 30 heavy (non-hydrogen) atoms. The highest BCUT2D eigenvalue weighted by Crippen LogP contribution is 2.34. The van der Waals surface area contributed by atoms with Gasteiger partial charge >= 0.3 is 11.9 Å². The van der Waals surface area contributed by atoms with Crippen LogP contribution in [-0.4, -0.2) is 30.1 Å². The number of anilines is 1. The predicted octanol–water partition coefficient (Wildman–Crippen LogP) is 5.15. The quantitative estimate of drug-likeness (QED) is 0.486. The third kappa shape index (κ3) is 6.29. The van der Waals surface area contributed by atoms with Crippen LogP contribution in [0.5, 0.6) is 0 Å². The normalized spacial score (nSPS) is 11.2. The number of aryl methyl sites for hydroxylation is 1. The molecule has 0 aliphatic rings.